The maximum atomic E-state index is 11.9. The Morgan fingerprint density at radius 3 is 2.95 bits per heavy atom. The Labute approximate surface area is 127 Å². The summed E-state index contributed by atoms with van der Waals surface area (Å²) < 4.78 is 0. The number of carbonyl (C=O) groups excluding carboxylic acids is 1. The number of hydrogen-bond acceptors (Lipinski definition) is 3. The summed E-state index contributed by atoms with van der Waals surface area (Å²) in [6.45, 7) is 0. The lowest BCUT2D eigenvalue weighted by atomic mass is 10.2. The van der Waals surface area contributed by atoms with Crippen LogP contribution >= 0.6 is 11.8 Å². The van der Waals surface area contributed by atoms with Crippen molar-refractivity contribution in [1.82, 2.24) is 5.32 Å². The summed E-state index contributed by atoms with van der Waals surface area (Å²) in [5, 5.41) is 14.3. The molecule has 0 aromatic heterocycles. The van der Waals surface area contributed by atoms with E-state index < -0.39 is 5.97 Å². The molecule has 1 aromatic carbocycles. The third kappa shape index (κ3) is 5.51. The number of carbonyl (C=O) groups is 2. The van der Waals surface area contributed by atoms with Crippen LogP contribution in [-0.2, 0) is 4.79 Å². The first-order valence-electron chi connectivity index (χ1n) is 6.80. The molecule has 0 bridgehead atoms. The summed E-state index contributed by atoms with van der Waals surface area (Å²) in [6.07, 6.45) is 4.70. The number of carboxylic acids is 1. The quantitative estimate of drug-likeness (QED) is 0.747. The van der Waals surface area contributed by atoms with Gasteiger partial charge in [0.1, 0.15) is 0 Å². The molecule has 5 nitrogen and oxygen atoms in total. The molecule has 0 radical (unpaired) electrons. The zero-order valence-corrected chi connectivity index (χ0v) is 12.4. The van der Waals surface area contributed by atoms with Gasteiger partial charge in [-0.2, -0.15) is 11.8 Å². The van der Waals surface area contributed by atoms with Crippen molar-refractivity contribution < 1.29 is 14.7 Å². The molecule has 21 heavy (non-hydrogen) atoms. The summed E-state index contributed by atoms with van der Waals surface area (Å²) in [4.78, 5) is 22.4. The van der Waals surface area contributed by atoms with Crippen LogP contribution in [0.3, 0.4) is 0 Å². The van der Waals surface area contributed by atoms with Gasteiger partial charge in [-0.3, -0.25) is 0 Å². The van der Waals surface area contributed by atoms with Crippen molar-refractivity contribution >= 4 is 35.5 Å². The second-order valence-electron chi connectivity index (χ2n) is 4.81. The molecule has 6 heteroatoms. The Bertz CT molecular complexity index is 539. The van der Waals surface area contributed by atoms with Gasteiger partial charge in [-0.25, -0.2) is 9.59 Å². The highest BCUT2D eigenvalue weighted by Crippen LogP contribution is 2.17. The SMILES string of the molecule is O=C(O)/C=C/c1cccc(NC(=O)NC2CCCSC2)c1. The Kier molecular flexibility index (Phi) is 5.68. The van der Waals surface area contributed by atoms with E-state index in [1.165, 1.54) is 6.08 Å². The molecule has 2 rings (SSSR count). The number of thioether (sulfide) groups is 1. The van der Waals surface area contributed by atoms with Gasteiger partial charge in [0.25, 0.3) is 0 Å². The molecule has 1 atom stereocenters. The first-order chi connectivity index (χ1) is 10.1. The molecule has 1 fully saturated rings. The lowest BCUT2D eigenvalue weighted by Gasteiger charge is -2.22. The van der Waals surface area contributed by atoms with Crippen molar-refractivity contribution in [2.24, 2.45) is 0 Å². The second-order valence-corrected chi connectivity index (χ2v) is 5.96. The maximum Gasteiger partial charge on any atom is 0.328 e. The highest BCUT2D eigenvalue weighted by atomic mass is 32.2. The molecule has 0 spiro atoms. The smallest absolute Gasteiger partial charge is 0.328 e. The number of benzene rings is 1. The van der Waals surface area contributed by atoms with Gasteiger partial charge in [-0.15, -0.1) is 0 Å². The topological polar surface area (TPSA) is 78.4 Å². The van der Waals surface area contributed by atoms with Crippen molar-refractivity contribution in [2.75, 3.05) is 16.8 Å². The molecule has 2 amide bonds. The zero-order chi connectivity index (χ0) is 15.1. The van der Waals surface area contributed by atoms with Crippen molar-refractivity contribution in [2.45, 2.75) is 18.9 Å². The van der Waals surface area contributed by atoms with Gasteiger partial charge in [0.15, 0.2) is 0 Å². The normalized spacial score (nSPS) is 18.4. The summed E-state index contributed by atoms with van der Waals surface area (Å²) >= 11 is 1.86. The van der Waals surface area contributed by atoms with Crippen LogP contribution < -0.4 is 10.6 Å². The first kappa shape index (κ1) is 15.4. The maximum absolute atomic E-state index is 11.9. The molecule has 1 aliphatic heterocycles. The molecule has 1 aromatic rings. The van der Waals surface area contributed by atoms with Crippen LogP contribution in [0.5, 0.6) is 0 Å². The van der Waals surface area contributed by atoms with E-state index in [0.717, 1.165) is 36.0 Å². The predicted octanol–water partition coefficient (Wildman–Crippen LogP) is 2.80. The monoisotopic (exact) mass is 306 g/mol. The van der Waals surface area contributed by atoms with Gasteiger partial charge >= 0.3 is 12.0 Å². The summed E-state index contributed by atoms with van der Waals surface area (Å²) in [6, 6.07) is 7.05. The Hall–Kier alpha value is -1.95. The van der Waals surface area contributed by atoms with Gasteiger partial charge in [-0.05, 0) is 42.4 Å². The van der Waals surface area contributed by atoms with Gasteiger partial charge in [0.2, 0.25) is 0 Å². The first-order valence-corrected chi connectivity index (χ1v) is 7.95. The average Bonchev–Trinajstić information content (AvgIpc) is 2.46. The Balaban J connectivity index is 1.90. The van der Waals surface area contributed by atoms with Crippen LogP contribution in [0.1, 0.15) is 18.4 Å². The standard InChI is InChI=1S/C15H18N2O3S/c18-14(19)7-6-11-3-1-4-12(9-11)16-15(20)17-13-5-2-8-21-10-13/h1,3-4,6-7,9,13H,2,5,8,10H2,(H,18,19)(H2,16,17,20)/b7-6+. The Morgan fingerprint density at radius 1 is 1.38 bits per heavy atom. The minimum absolute atomic E-state index is 0.220. The molecule has 0 saturated carbocycles. The van der Waals surface area contributed by atoms with E-state index in [1.807, 2.05) is 11.8 Å². The molecule has 0 aliphatic carbocycles. The van der Waals surface area contributed by atoms with E-state index >= 15 is 0 Å². The molecular formula is C15H18N2O3S. The highest BCUT2D eigenvalue weighted by Gasteiger charge is 2.15. The number of amides is 2. The van der Waals surface area contributed by atoms with Crippen molar-refractivity contribution in [1.29, 1.82) is 0 Å². The third-order valence-corrected chi connectivity index (χ3v) is 4.27. The molecule has 1 unspecified atom stereocenters. The van der Waals surface area contributed by atoms with E-state index in [-0.39, 0.29) is 12.1 Å². The fraction of sp³-hybridized carbons (Fsp3) is 0.333. The van der Waals surface area contributed by atoms with Crippen molar-refractivity contribution in [3.8, 4) is 0 Å². The number of rotatable bonds is 4. The highest BCUT2D eigenvalue weighted by molar-refractivity contribution is 7.99. The summed E-state index contributed by atoms with van der Waals surface area (Å²) in [5.74, 6) is 1.12. The molecule has 3 N–H and O–H groups in total. The zero-order valence-electron chi connectivity index (χ0n) is 11.5. The predicted molar refractivity (Wildman–Crippen MR) is 85.6 cm³/mol. The summed E-state index contributed by atoms with van der Waals surface area (Å²) in [7, 11) is 0. The number of carboxylic acid groups (broad SMARTS) is 1. The molecular weight excluding hydrogens is 288 g/mol. The van der Waals surface area contributed by atoms with Crippen molar-refractivity contribution in [3.63, 3.8) is 0 Å². The summed E-state index contributed by atoms with van der Waals surface area (Å²) in [5.41, 5.74) is 1.37. The minimum atomic E-state index is -0.999. The number of aliphatic carboxylic acids is 1. The van der Waals surface area contributed by atoms with Gasteiger partial charge < -0.3 is 15.7 Å². The second kappa shape index (κ2) is 7.73. The third-order valence-electron chi connectivity index (χ3n) is 3.06. The van der Waals surface area contributed by atoms with Crippen LogP contribution in [0.4, 0.5) is 10.5 Å². The molecule has 1 heterocycles. The minimum Gasteiger partial charge on any atom is -0.478 e. The lowest BCUT2D eigenvalue weighted by molar-refractivity contribution is -0.131. The van der Waals surface area contributed by atoms with Crippen LogP contribution in [-0.4, -0.2) is 34.7 Å². The van der Waals surface area contributed by atoms with Crippen LogP contribution in [0.15, 0.2) is 30.3 Å². The van der Waals surface area contributed by atoms with Gasteiger partial charge in [-0.1, -0.05) is 12.1 Å². The lowest BCUT2D eigenvalue weighted by Crippen LogP contribution is -2.40. The number of hydrogen-bond donors (Lipinski definition) is 3. The van der Waals surface area contributed by atoms with Crippen LogP contribution in [0, 0.1) is 0 Å². The van der Waals surface area contributed by atoms with Gasteiger partial charge in [0, 0.05) is 23.6 Å². The van der Waals surface area contributed by atoms with Gasteiger partial charge in [0.05, 0.1) is 0 Å². The average molecular weight is 306 g/mol. The number of urea groups is 1. The van der Waals surface area contributed by atoms with Crippen molar-refractivity contribution in [3.05, 3.63) is 35.9 Å². The largest absolute Gasteiger partial charge is 0.478 e. The Morgan fingerprint density at radius 2 is 2.24 bits per heavy atom. The number of nitrogens with one attached hydrogen (secondary N) is 2. The van der Waals surface area contributed by atoms with E-state index in [1.54, 1.807) is 24.3 Å². The van der Waals surface area contributed by atoms with E-state index in [4.69, 9.17) is 5.11 Å². The van der Waals surface area contributed by atoms with E-state index in [0.29, 0.717) is 5.69 Å². The number of anilines is 1. The fourth-order valence-corrected chi connectivity index (χ4v) is 3.17. The molecule has 1 saturated heterocycles. The van der Waals surface area contributed by atoms with Crippen LogP contribution in [0.25, 0.3) is 6.08 Å². The van der Waals surface area contributed by atoms with E-state index in [9.17, 15) is 9.59 Å². The van der Waals surface area contributed by atoms with E-state index in [2.05, 4.69) is 10.6 Å². The fourth-order valence-electron chi connectivity index (χ4n) is 2.09. The molecule has 112 valence electrons. The molecule has 1 aliphatic rings. The van der Waals surface area contributed by atoms with Crippen LogP contribution in [0.2, 0.25) is 0 Å².